The van der Waals surface area contributed by atoms with Crippen molar-refractivity contribution < 1.29 is 4.79 Å². The Bertz CT molecular complexity index is 430. The molecule has 1 atom stereocenters. The summed E-state index contributed by atoms with van der Waals surface area (Å²) in [5.41, 5.74) is 5.65. The van der Waals surface area contributed by atoms with Crippen LogP contribution in [-0.2, 0) is 11.3 Å². The lowest BCUT2D eigenvalue weighted by Crippen LogP contribution is -2.45. The van der Waals surface area contributed by atoms with E-state index in [1.807, 2.05) is 24.9 Å². The van der Waals surface area contributed by atoms with Gasteiger partial charge < -0.3 is 10.6 Å². The molecule has 1 aliphatic heterocycles. The summed E-state index contributed by atoms with van der Waals surface area (Å²) in [4.78, 5) is 21.8. The number of rotatable bonds is 5. The third-order valence-corrected chi connectivity index (χ3v) is 4.47. The number of likely N-dealkylation sites (tertiary alicyclic amines) is 1. The Morgan fingerprint density at radius 3 is 2.89 bits per heavy atom. The molecule has 2 heterocycles. The number of hydrogen-bond donors (Lipinski definition) is 1. The molecule has 6 heteroatoms. The summed E-state index contributed by atoms with van der Waals surface area (Å²) in [6.45, 7) is 7.40. The van der Waals surface area contributed by atoms with Crippen molar-refractivity contribution in [1.29, 1.82) is 0 Å². The van der Waals surface area contributed by atoms with Gasteiger partial charge in [0, 0.05) is 30.7 Å². The molecule has 19 heavy (non-hydrogen) atoms. The molecule has 1 fully saturated rings. The molecule has 106 valence electrons. The summed E-state index contributed by atoms with van der Waals surface area (Å²) in [5, 5.41) is 0.598. The number of nitrogens with zero attached hydrogens (tertiary/aromatic N) is 3. The van der Waals surface area contributed by atoms with E-state index in [-0.39, 0.29) is 11.9 Å². The van der Waals surface area contributed by atoms with Crippen LogP contribution in [0.5, 0.6) is 0 Å². The first-order valence-corrected chi connectivity index (χ1v) is 7.70. The molecule has 1 aromatic heterocycles. The van der Waals surface area contributed by atoms with Gasteiger partial charge in [0.05, 0.1) is 6.04 Å². The molecule has 1 aliphatic rings. The van der Waals surface area contributed by atoms with Crippen molar-refractivity contribution in [2.24, 2.45) is 0 Å². The first kappa shape index (κ1) is 14.3. The van der Waals surface area contributed by atoms with Gasteiger partial charge in [0.1, 0.15) is 0 Å². The van der Waals surface area contributed by atoms with E-state index in [1.165, 1.54) is 11.3 Å². The van der Waals surface area contributed by atoms with E-state index >= 15 is 0 Å². The maximum Gasteiger partial charge on any atom is 0.239 e. The first-order chi connectivity index (χ1) is 9.15. The number of thiazole rings is 1. The number of anilines is 1. The van der Waals surface area contributed by atoms with Gasteiger partial charge in [0.25, 0.3) is 0 Å². The largest absolute Gasteiger partial charge is 0.375 e. The molecule has 0 bridgehead atoms. The average molecular weight is 282 g/mol. The van der Waals surface area contributed by atoms with Crippen LogP contribution in [0.4, 0.5) is 5.13 Å². The Balaban J connectivity index is 2.02. The van der Waals surface area contributed by atoms with Crippen molar-refractivity contribution in [2.45, 2.75) is 39.3 Å². The van der Waals surface area contributed by atoms with Gasteiger partial charge in [0.15, 0.2) is 5.13 Å². The number of aromatic nitrogens is 1. The molecule has 0 aliphatic carbocycles. The smallest absolute Gasteiger partial charge is 0.239 e. The third kappa shape index (κ3) is 3.25. The monoisotopic (exact) mass is 282 g/mol. The molecular weight excluding hydrogens is 260 g/mol. The van der Waals surface area contributed by atoms with Crippen LogP contribution in [0, 0.1) is 0 Å². The van der Waals surface area contributed by atoms with Crippen LogP contribution in [0.15, 0.2) is 6.20 Å². The zero-order valence-corrected chi connectivity index (χ0v) is 12.4. The Kier molecular flexibility index (Phi) is 4.76. The summed E-state index contributed by atoms with van der Waals surface area (Å²) in [6.07, 6.45) is 3.87. The first-order valence-electron chi connectivity index (χ1n) is 6.88. The average Bonchev–Trinajstić information content (AvgIpc) is 3.00. The Hall–Kier alpha value is -1.14. The normalized spacial score (nSPS) is 19.8. The standard InChI is InChI=1S/C13H22N4OS/c1-3-16(4-2)12(18)11-6-5-7-17(11)9-10-8-15-13(14)19-10/h8,11H,3-7,9H2,1-2H3,(H2,14,15). The van der Waals surface area contributed by atoms with Crippen LogP contribution < -0.4 is 5.73 Å². The van der Waals surface area contributed by atoms with Gasteiger partial charge >= 0.3 is 0 Å². The fraction of sp³-hybridized carbons (Fsp3) is 0.692. The predicted molar refractivity (Wildman–Crippen MR) is 77.9 cm³/mol. The number of carbonyl (C=O) groups excluding carboxylic acids is 1. The highest BCUT2D eigenvalue weighted by Crippen LogP contribution is 2.24. The topological polar surface area (TPSA) is 62.5 Å². The second-order valence-electron chi connectivity index (χ2n) is 4.80. The second kappa shape index (κ2) is 6.34. The number of amides is 1. The van der Waals surface area contributed by atoms with Crippen molar-refractivity contribution in [1.82, 2.24) is 14.8 Å². The highest BCUT2D eigenvalue weighted by atomic mass is 32.1. The molecule has 0 radical (unpaired) electrons. The van der Waals surface area contributed by atoms with E-state index in [0.717, 1.165) is 43.9 Å². The Morgan fingerprint density at radius 2 is 2.32 bits per heavy atom. The van der Waals surface area contributed by atoms with Crippen LogP contribution in [0.2, 0.25) is 0 Å². The molecule has 0 aromatic carbocycles. The highest BCUT2D eigenvalue weighted by molar-refractivity contribution is 7.15. The summed E-state index contributed by atoms with van der Waals surface area (Å²) >= 11 is 1.51. The van der Waals surface area contributed by atoms with Gasteiger partial charge in [0.2, 0.25) is 5.91 Å². The Morgan fingerprint density at radius 1 is 1.58 bits per heavy atom. The van der Waals surface area contributed by atoms with E-state index in [0.29, 0.717) is 5.13 Å². The van der Waals surface area contributed by atoms with E-state index in [2.05, 4.69) is 9.88 Å². The SMILES string of the molecule is CCN(CC)C(=O)C1CCCN1Cc1cnc(N)s1. The number of carbonyl (C=O) groups is 1. The molecular formula is C13H22N4OS. The van der Waals surface area contributed by atoms with E-state index < -0.39 is 0 Å². The lowest BCUT2D eigenvalue weighted by molar-refractivity contribution is -0.135. The zero-order chi connectivity index (χ0) is 13.8. The molecule has 2 N–H and O–H groups in total. The minimum Gasteiger partial charge on any atom is -0.375 e. The number of nitrogen functional groups attached to an aromatic ring is 1. The van der Waals surface area contributed by atoms with Gasteiger partial charge in [-0.15, -0.1) is 11.3 Å². The number of nitrogens with two attached hydrogens (primary N) is 1. The molecule has 1 aromatic rings. The van der Waals surface area contributed by atoms with Gasteiger partial charge in [-0.2, -0.15) is 0 Å². The quantitative estimate of drug-likeness (QED) is 0.890. The molecule has 0 saturated carbocycles. The van der Waals surface area contributed by atoms with Crippen LogP contribution >= 0.6 is 11.3 Å². The molecule has 2 rings (SSSR count). The van der Waals surface area contributed by atoms with Crippen LogP contribution in [0.3, 0.4) is 0 Å². The lowest BCUT2D eigenvalue weighted by atomic mass is 10.2. The van der Waals surface area contributed by atoms with Crippen LogP contribution in [0.25, 0.3) is 0 Å². The van der Waals surface area contributed by atoms with Gasteiger partial charge in [-0.3, -0.25) is 9.69 Å². The maximum absolute atomic E-state index is 12.5. The highest BCUT2D eigenvalue weighted by Gasteiger charge is 2.32. The van der Waals surface area contributed by atoms with Crippen molar-refractivity contribution >= 4 is 22.4 Å². The number of hydrogen-bond acceptors (Lipinski definition) is 5. The predicted octanol–water partition coefficient (Wildman–Crippen LogP) is 1.56. The molecule has 1 unspecified atom stereocenters. The van der Waals surface area contributed by atoms with Crippen LogP contribution in [0.1, 0.15) is 31.6 Å². The summed E-state index contributed by atoms with van der Waals surface area (Å²) in [5.74, 6) is 0.264. The van der Waals surface area contributed by atoms with Crippen molar-refractivity contribution in [3.63, 3.8) is 0 Å². The summed E-state index contributed by atoms with van der Waals surface area (Å²) in [6, 6.07) is 0.0308. The van der Waals surface area contributed by atoms with E-state index in [4.69, 9.17) is 5.73 Å². The van der Waals surface area contributed by atoms with Gasteiger partial charge in [-0.1, -0.05) is 0 Å². The minimum absolute atomic E-state index is 0.0308. The fourth-order valence-corrected chi connectivity index (χ4v) is 3.35. The summed E-state index contributed by atoms with van der Waals surface area (Å²) < 4.78 is 0. The fourth-order valence-electron chi connectivity index (χ4n) is 2.64. The minimum atomic E-state index is 0.0308. The molecule has 5 nitrogen and oxygen atoms in total. The van der Waals surface area contributed by atoms with Crippen molar-refractivity contribution in [3.8, 4) is 0 Å². The van der Waals surface area contributed by atoms with Gasteiger partial charge in [-0.25, -0.2) is 4.98 Å². The van der Waals surface area contributed by atoms with Crippen molar-refractivity contribution in [3.05, 3.63) is 11.1 Å². The zero-order valence-electron chi connectivity index (χ0n) is 11.6. The Labute approximate surface area is 118 Å². The lowest BCUT2D eigenvalue weighted by Gasteiger charge is -2.28. The molecule has 1 amide bonds. The molecule has 0 spiro atoms. The van der Waals surface area contributed by atoms with E-state index in [1.54, 1.807) is 0 Å². The summed E-state index contributed by atoms with van der Waals surface area (Å²) in [7, 11) is 0. The van der Waals surface area contributed by atoms with Crippen molar-refractivity contribution in [2.75, 3.05) is 25.4 Å². The van der Waals surface area contributed by atoms with Gasteiger partial charge in [-0.05, 0) is 33.2 Å². The third-order valence-electron chi connectivity index (χ3n) is 3.65. The second-order valence-corrected chi connectivity index (χ2v) is 5.95. The van der Waals surface area contributed by atoms with E-state index in [9.17, 15) is 4.79 Å². The number of likely N-dealkylation sites (N-methyl/N-ethyl adjacent to an activating group) is 1. The molecule has 1 saturated heterocycles. The maximum atomic E-state index is 12.5. The van der Waals surface area contributed by atoms with Crippen LogP contribution in [-0.4, -0.2) is 46.4 Å².